The van der Waals surface area contributed by atoms with Crippen LogP contribution in [0.25, 0.3) is 42.6 Å². The number of hydrogen-bond acceptors (Lipinski definition) is 12. The summed E-state index contributed by atoms with van der Waals surface area (Å²) in [6.07, 6.45) is 16.0. The number of allylic oxidation sites excluding steroid dienone is 3. The number of aliphatic imine (C=N–C) groups is 2. The van der Waals surface area contributed by atoms with Gasteiger partial charge >= 0.3 is 0 Å². The molecule has 0 aliphatic carbocycles. The van der Waals surface area contributed by atoms with E-state index in [4.69, 9.17) is 59.4 Å². The second-order valence-corrected chi connectivity index (χ2v) is 10.3. The summed E-state index contributed by atoms with van der Waals surface area (Å²) in [7, 11) is -1.04. The van der Waals surface area contributed by atoms with E-state index >= 15 is 0 Å². The largest absolute Gasteiger partial charge is 0.680 e. The summed E-state index contributed by atoms with van der Waals surface area (Å²) in [6.45, 7) is 5.87. The van der Waals surface area contributed by atoms with Crippen molar-refractivity contribution in [1.29, 1.82) is 0 Å². The predicted molar refractivity (Wildman–Crippen MR) is 149 cm³/mol. The summed E-state index contributed by atoms with van der Waals surface area (Å²) in [5.74, 6) is 0. The van der Waals surface area contributed by atoms with Gasteiger partial charge in [0.05, 0.1) is 29.8 Å². The zero-order chi connectivity index (χ0) is 34.9. The van der Waals surface area contributed by atoms with Gasteiger partial charge in [-0.3, -0.25) is 19.8 Å². The topological polar surface area (TPSA) is 356 Å². The zero-order valence-corrected chi connectivity index (χ0v) is 29.2. The van der Waals surface area contributed by atoms with Gasteiger partial charge in [-0.15, -0.1) is 24.9 Å². The van der Waals surface area contributed by atoms with Crippen LogP contribution in [0.2, 0.25) is 0 Å². The molecule has 1 saturated heterocycles. The summed E-state index contributed by atoms with van der Waals surface area (Å²) in [5.41, 5.74) is 28.0. The molecule has 2 heterocycles. The maximum atomic E-state index is 8.60. The van der Waals surface area contributed by atoms with E-state index in [2.05, 4.69) is 64.8 Å². The SMILES string of the molecule is CN(C)CCCN=CC1=CC=CC[N-]1.CN(C)CCCN=CC1CCCC[N-]1.[Cu].[Cu].[N-]=[N+]=[N-].[N-]=[N+]=[N-].[O-][Cl+3]([O-])([O-])O.[O-][Cl+3]([O-])([O-])O. The first-order chi connectivity index (χ1) is 20.4. The first-order valence-corrected chi connectivity index (χ1v) is 15.2. The predicted octanol–water partition coefficient (Wildman–Crippen LogP) is -2.75. The molecule has 2 rings (SSSR count). The van der Waals surface area contributed by atoms with Crippen LogP contribution in [-0.4, -0.2) is 105 Å². The summed E-state index contributed by atoms with van der Waals surface area (Å²) in [4.78, 5) is 16.1. The third-order valence-corrected chi connectivity index (χ3v) is 4.34. The molecule has 1 fully saturated rings. The van der Waals surface area contributed by atoms with Crippen molar-refractivity contribution >= 4 is 12.4 Å². The van der Waals surface area contributed by atoms with Gasteiger partial charge in [-0.25, -0.2) is 0 Å². The zero-order valence-electron chi connectivity index (χ0n) is 25.8. The van der Waals surface area contributed by atoms with Crippen molar-refractivity contribution in [3.63, 3.8) is 0 Å². The van der Waals surface area contributed by atoms with E-state index < -0.39 is 20.5 Å². The van der Waals surface area contributed by atoms with Crippen LogP contribution in [0.3, 0.4) is 0 Å². The average molecular weight is 801 g/mol. The van der Waals surface area contributed by atoms with Gasteiger partial charge in [-0.1, -0.05) is 37.5 Å². The summed E-state index contributed by atoms with van der Waals surface area (Å²) >= 11 is 0. The van der Waals surface area contributed by atoms with Gasteiger partial charge in [0.1, 0.15) is 0 Å². The fourth-order valence-electron chi connectivity index (χ4n) is 2.77. The molecule has 1 atom stereocenters. The number of piperidine rings is 1. The Bertz CT molecular complexity index is 825. The van der Waals surface area contributed by atoms with E-state index in [-0.39, 0.29) is 34.1 Å². The Morgan fingerprint density at radius 2 is 1.30 bits per heavy atom. The van der Waals surface area contributed by atoms with Crippen molar-refractivity contribution in [2.45, 2.75) is 38.1 Å². The molecule has 0 saturated carbocycles. The quantitative estimate of drug-likeness (QED) is 0.0573. The standard InChI is InChI=1S/C11H22N3.C11H18N3.2ClHO4.2Cu.2N3/c2*1-14(2)9-5-7-12-10-11-6-3-4-8-13-11;2*2-1(3,4)5;;;2*1-3-2/h10-11H,3-9H2,1-2H3;3-4,6,10H,5,7-9H2,1-2H3;2*(H,2,3,4,5);;;;/q2*-1;;;;;2*-1. The van der Waals surface area contributed by atoms with E-state index in [0.717, 1.165) is 57.8 Å². The molecular weight excluding hydrogens is 758 g/mol. The third-order valence-electron chi connectivity index (χ3n) is 4.34. The average Bonchev–Trinajstić information content (AvgIpc) is 2.89. The molecule has 2 aliphatic heterocycles. The van der Waals surface area contributed by atoms with Crippen LogP contribution in [0.15, 0.2) is 33.9 Å². The first kappa shape index (κ1) is 56.7. The van der Waals surface area contributed by atoms with Gasteiger partial charge in [0.2, 0.25) is 0 Å². The Morgan fingerprint density at radius 3 is 1.65 bits per heavy atom. The van der Waals surface area contributed by atoms with Crippen molar-refractivity contribution in [3.8, 4) is 0 Å². The van der Waals surface area contributed by atoms with Crippen molar-refractivity contribution in [1.82, 2.24) is 9.80 Å². The molecule has 24 heteroatoms. The maximum Gasteiger partial charge on any atom is 0.0777 e. The van der Waals surface area contributed by atoms with Gasteiger partial charge in [0.15, 0.2) is 0 Å². The fourth-order valence-corrected chi connectivity index (χ4v) is 2.77. The second kappa shape index (κ2) is 39.6. The van der Waals surface area contributed by atoms with Crippen LogP contribution < -0.4 is 28.0 Å². The summed E-state index contributed by atoms with van der Waals surface area (Å²) in [5, 5.41) is 8.78. The molecule has 278 valence electrons. The van der Waals surface area contributed by atoms with Crippen molar-refractivity contribution < 1.29 is 91.9 Å². The molecule has 2 radical (unpaired) electrons. The normalized spacial score (nSPS) is 15.0. The van der Waals surface area contributed by atoms with Gasteiger partial charge in [0, 0.05) is 53.4 Å². The smallest absolute Gasteiger partial charge is 0.0777 e. The van der Waals surface area contributed by atoms with E-state index in [9.17, 15) is 0 Å². The van der Waals surface area contributed by atoms with Crippen molar-refractivity contribution in [2.75, 3.05) is 67.5 Å². The molecular formula is C22H42Cl2Cu2N12O8-4. The minimum atomic E-state index is -4.69. The molecule has 0 spiro atoms. The molecule has 0 aromatic carbocycles. The van der Waals surface area contributed by atoms with Crippen LogP contribution >= 0.6 is 0 Å². The van der Waals surface area contributed by atoms with Gasteiger partial charge in [-0.05, 0) is 60.3 Å². The van der Waals surface area contributed by atoms with Crippen molar-refractivity contribution in [3.05, 3.63) is 66.5 Å². The van der Waals surface area contributed by atoms with Gasteiger partial charge in [0.25, 0.3) is 0 Å². The van der Waals surface area contributed by atoms with Crippen molar-refractivity contribution in [2.24, 2.45) is 9.98 Å². The van der Waals surface area contributed by atoms with Gasteiger partial charge in [-0.2, -0.15) is 28.0 Å². The first-order valence-electron chi connectivity index (χ1n) is 12.6. The summed E-state index contributed by atoms with van der Waals surface area (Å²) < 4.78 is 65.4. The molecule has 20 nitrogen and oxygen atoms in total. The number of halogens is 2. The van der Waals surface area contributed by atoms with E-state index in [1.54, 1.807) is 0 Å². The van der Waals surface area contributed by atoms with Crippen LogP contribution in [0.1, 0.15) is 32.1 Å². The second-order valence-electron chi connectivity index (χ2n) is 8.70. The number of hydrogen-bond donors (Lipinski definition) is 2. The molecule has 2 aliphatic rings. The molecule has 46 heavy (non-hydrogen) atoms. The molecule has 0 bridgehead atoms. The van der Waals surface area contributed by atoms with E-state index in [1.807, 2.05) is 24.4 Å². The minimum Gasteiger partial charge on any atom is -0.680 e. The Balaban J connectivity index is -0.000000116. The third kappa shape index (κ3) is 78.6. The van der Waals surface area contributed by atoms with Crippen LogP contribution in [0.4, 0.5) is 0 Å². The minimum absolute atomic E-state index is 0. The van der Waals surface area contributed by atoms with E-state index in [0.29, 0.717) is 6.04 Å². The van der Waals surface area contributed by atoms with Crippen LogP contribution in [-0.2, 0) is 34.1 Å². The van der Waals surface area contributed by atoms with Crippen LogP contribution in [0, 0.1) is 20.5 Å². The maximum absolute atomic E-state index is 8.60. The number of nitrogens with zero attached hydrogens (tertiary/aromatic N) is 12. The van der Waals surface area contributed by atoms with Crippen LogP contribution in [0.5, 0.6) is 0 Å². The molecule has 1 unspecified atom stereocenters. The monoisotopic (exact) mass is 798 g/mol. The molecule has 0 aromatic rings. The molecule has 0 amide bonds. The Labute approximate surface area is 295 Å². The Hall–Kier alpha value is -1.58. The Morgan fingerprint density at radius 1 is 0.870 bits per heavy atom. The Kier molecular flexibility index (Phi) is 48.8. The summed E-state index contributed by atoms with van der Waals surface area (Å²) in [6, 6.07) is 0.420. The molecule has 0 aromatic heterocycles. The van der Waals surface area contributed by atoms with E-state index in [1.165, 1.54) is 29.1 Å². The van der Waals surface area contributed by atoms with Gasteiger partial charge < -0.3 is 42.6 Å². The number of rotatable bonds is 10. The fraction of sp³-hybridized carbons (Fsp3) is 0.727. The molecule has 2 N–H and O–H groups in total.